The molecule has 6 heteroatoms. The van der Waals surface area contributed by atoms with Crippen LogP contribution in [0.2, 0.25) is 0 Å². The van der Waals surface area contributed by atoms with E-state index >= 15 is 0 Å². The monoisotopic (exact) mass is 308 g/mol. The maximum atomic E-state index is 12.5. The molecule has 1 heterocycles. The molecule has 0 aliphatic carbocycles. The summed E-state index contributed by atoms with van der Waals surface area (Å²) >= 11 is 0. The summed E-state index contributed by atoms with van der Waals surface area (Å²) in [5.41, 5.74) is 1.94. The van der Waals surface area contributed by atoms with Crippen LogP contribution < -0.4 is 5.32 Å². The highest BCUT2D eigenvalue weighted by Crippen LogP contribution is 2.17. The summed E-state index contributed by atoms with van der Waals surface area (Å²) in [5.74, 6) is 0. The second kappa shape index (κ2) is 6.89. The van der Waals surface area contributed by atoms with E-state index in [-0.39, 0.29) is 0 Å². The molecule has 0 spiro atoms. The van der Waals surface area contributed by atoms with E-state index in [2.05, 4.69) is 5.32 Å². The van der Waals surface area contributed by atoms with Gasteiger partial charge in [-0.3, -0.25) is 0 Å². The van der Waals surface area contributed by atoms with Crippen molar-refractivity contribution in [1.82, 2.24) is 9.62 Å². The lowest BCUT2D eigenvalue weighted by atomic mass is 10.1. The van der Waals surface area contributed by atoms with Gasteiger partial charge in [0, 0.05) is 19.2 Å². The number of sulfonamides is 1. The molecule has 0 saturated carbocycles. The van der Waals surface area contributed by atoms with E-state index in [1.165, 1.54) is 10.6 Å². The van der Waals surface area contributed by atoms with Crippen molar-refractivity contribution in [2.24, 2.45) is 0 Å². The maximum absolute atomic E-state index is 12.5. The molecule has 1 aromatic carbocycles. The summed E-state index contributed by atoms with van der Waals surface area (Å²) in [5, 5.41) is 3.07. The molecule has 0 aliphatic rings. The van der Waals surface area contributed by atoms with E-state index in [4.69, 9.17) is 4.42 Å². The number of hydrogen-bond acceptors (Lipinski definition) is 4. The number of nitrogens with one attached hydrogen (secondary N) is 1. The standard InChI is InChI=1S/C15H20N2O3S/c1-16-9-7-13-3-5-15(6-4-13)21(18,19)17(2)11-14-8-10-20-12-14/h3-6,8,10,12,16H,7,9,11H2,1-2H3. The molecule has 114 valence electrons. The molecule has 0 bridgehead atoms. The van der Waals surface area contributed by atoms with E-state index in [0.29, 0.717) is 11.4 Å². The molecular formula is C15H20N2O3S. The van der Waals surface area contributed by atoms with Crippen molar-refractivity contribution in [2.45, 2.75) is 17.9 Å². The van der Waals surface area contributed by atoms with Gasteiger partial charge in [-0.25, -0.2) is 8.42 Å². The molecule has 0 radical (unpaired) electrons. The lowest BCUT2D eigenvalue weighted by molar-refractivity contribution is 0.463. The number of hydrogen-bond donors (Lipinski definition) is 1. The molecule has 0 amide bonds. The fourth-order valence-electron chi connectivity index (χ4n) is 2.00. The second-order valence-electron chi connectivity index (χ2n) is 4.89. The molecule has 21 heavy (non-hydrogen) atoms. The summed E-state index contributed by atoms with van der Waals surface area (Å²) in [7, 11) is -0.0171. The lowest BCUT2D eigenvalue weighted by Crippen LogP contribution is -2.26. The van der Waals surface area contributed by atoms with Crippen LogP contribution in [-0.4, -0.2) is 33.4 Å². The van der Waals surface area contributed by atoms with Gasteiger partial charge in [0.1, 0.15) is 0 Å². The van der Waals surface area contributed by atoms with E-state index in [1.54, 1.807) is 31.5 Å². The molecule has 0 saturated heterocycles. The van der Waals surface area contributed by atoms with Crippen molar-refractivity contribution in [1.29, 1.82) is 0 Å². The smallest absolute Gasteiger partial charge is 0.243 e. The number of likely N-dealkylation sites (N-methyl/N-ethyl adjacent to an activating group) is 1. The van der Waals surface area contributed by atoms with Gasteiger partial charge in [0.2, 0.25) is 10.0 Å². The van der Waals surface area contributed by atoms with Crippen LogP contribution >= 0.6 is 0 Å². The molecular weight excluding hydrogens is 288 g/mol. The van der Waals surface area contributed by atoms with Crippen molar-refractivity contribution in [2.75, 3.05) is 20.6 Å². The van der Waals surface area contributed by atoms with Crippen LogP contribution in [0.3, 0.4) is 0 Å². The third kappa shape index (κ3) is 3.93. The van der Waals surface area contributed by atoms with Crippen LogP contribution in [0.4, 0.5) is 0 Å². The fraction of sp³-hybridized carbons (Fsp3) is 0.333. The van der Waals surface area contributed by atoms with E-state index in [9.17, 15) is 8.42 Å². The average molecular weight is 308 g/mol. The summed E-state index contributed by atoms with van der Waals surface area (Å²) in [6.45, 7) is 1.16. The van der Waals surface area contributed by atoms with Crippen molar-refractivity contribution in [3.05, 3.63) is 54.0 Å². The zero-order valence-corrected chi connectivity index (χ0v) is 13.1. The van der Waals surface area contributed by atoms with Gasteiger partial charge in [-0.2, -0.15) is 4.31 Å². The third-order valence-corrected chi connectivity index (χ3v) is 5.10. The van der Waals surface area contributed by atoms with Crippen LogP contribution in [0.25, 0.3) is 0 Å². The van der Waals surface area contributed by atoms with Gasteiger partial charge in [-0.15, -0.1) is 0 Å². The molecule has 0 fully saturated rings. The van der Waals surface area contributed by atoms with Crippen molar-refractivity contribution in [3.8, 4) is 0 Å². The van der Waals surface area contributed by atoms with E-state index in [0.717, 1.165) is 24.1 Å². The first-order valence-electron chi connectivity index (χ1n) is 6.75. The van der Waals surface area contributed by atoms with Gasteiger partial charge in [-0.1, -0.05) is 12.1 Å². The Bertz CT molecular complexity index is 649. The number of nitrogens with zero attached hydrogens (tertiary/aromatic N) is 1. The zero-order chi connectivity index (χ0) is 15.3. The van der Waals surface area contributed by atoms with Gasteiger partial charge in [-0.05, 0) is 43.8 Å². The topological polar surface area (TPSA) is 62.6 Å². The number of benzene rings is 1. The van der Waals surface area contributed by atoms with Crippen molar-refractivity contribution in [3.63, 3.8) is 0 Å². The number of rotatable bonds is 7. The highest BCUT2D eigenvalue weighted by molar-refractivity contribution is 7.89. The van der Waals surface area contributed by atoms with E-state index < -0.39 is 10.0 Å². The summed E-state index contributed by atoms with van der Waals surface area (Å²) in [4.78, 5) is 0.307. The SMILES string of the molecule is CNCCc1ccc(S(=O)(=O)N(C)Cc2ccoc2)cc1. The summed E-state index contributed by atoms with van der Waals surface area (Å²) in [6.07, 6.45) is 3.96. The Hall–Kier alpha value is -1.63. The Morgan fingerprint density at radius 2 is 1.86 bits per heavy atom. The quantitative estimate of drug-likeness (QED) is 0.848. The molecule has 0 atom stereocenters. The van der Waals surface area contributed by atoms with Crippen molar-refractivity contribution < 1.29 is 12.8 Å². The Morgan fingerprint density at radius 1 is 1.14 bits per heavy atom. The first-order chi connectivity index (χ1) is 10.0. The molecule has 1 aromatic heterocycles. The van der Waals surface area contributed by atoms with Crippen molar-refractivity contribution >= 4 is 10.0 Å². The molecule has 1 N–H and O–H groups in total. The summed E-state index contributed by atoms with van der Waals surface area (Å²) in [6, 6.07) is 8.79. The minimum atomic E-state index is -3.48. The highest BCUT2D eigenvalue weighted by atomic mass is 32.2. The molecule has 0 unspecified atom stereocenters. The molecule has 2 aromatic rings. The Labute approximate surface area is 125 Å². The minimum absolute atomic E-state index is 0.292. The predicted octanol–water partition coefficient (Wildman–Crippen LogP) is 1.86. The molecule has 2 rings (SSSR count). The van der Waals surface area contributed by atoms with Gasteiger partial charge < -0.3 is 9.73 Å². The fourth-order valence-corrected chi connectivity index (χ4v) is 3.16. The summed E-state index contributed by atoms with van der Waals surface area (Å²) < 4.78 is 31.2. The Balaban J connectivity index is 2.11. The molecule has 5 nitrogen and oxygen atoms in total. The van der Waals surface area contributed by atoms with Gasteiger partial charge >= 0.3 is 0 Å². The largest absolute Gasteiger partial charge is 0.472 e. The second-order valence-corrected chi connectivity index (χ2v) is 6.94. The zero-order valence-electron chi connectivity index (χ0n) is 12.2. The predicted molar refractivity (Wildman–Crippen MR) is 81.4 cm³/mol. The Morgan fingerprint density at radius 3 is 2.43 bits per heavy atom. The van der Waals surface area contributed by atoms with Crippen LogP contribution in [0, 0.1) is 0 Å². The normalized spacial score (nSPS) is 12.0. The van der Waals surface area contributed by atoms with Crippen LogP contribution in [0.1, 0.15) is 11.1 Å². The highest BCUT2D eigenvalue weighted by Gasteiger charge is 2.21. The first kappa shape index (κ1) is 15.8. The third-order valence-electron chi connectivity index (χ3n) is 3.28. The van der Waals surface area contributed by atoms with Gasteiger partial charge in [0.05, 0.1) is 17.4 Å². The maximum Gasteiger partial charge on any atom is 0.243 e. The first-order valence-corrected chi connectivity index (χ1v) is 8.19. The minimum Gasteiger partial charge on any atom is -0.472 e. The lowest BCUT2D eigenvalue weighted by Gasteiger charge is -2.16. The van der Waals surface area contributed by atoms with Crippen LogP contribution in [0.15, 0.2) is 52.2 Å². The van der Waals surface area contributed by atoms with Gasteiger partial charge in [0.25, 0.3) is 0 Å². The average Bonchev–Trinajstić information content (AvgIpc) is 2.98. The van der Waals surface area contributed by atoms with Gasteiger partial charge in [0.15, 0.2) is 0 Å². The van der Waals surface area contributed by atoms with E-state index in [1.807, 2.05) is 19.2 Å². The molecule has 0 aliphatic heterocycles. The Kier molecular flexibility index (Phi) is 5.17. The van der Waals surface area contributed by atoms with Crippen LogP contribution in [0.5, 0.6) is 0 Å². The van der Waals surface area contributed by atoms with Crippen LogP contribution in [-0.2, 0) is 23.0 Å². The number of furan rings is 1.